The summed E-state index contributed by atoms with van der Waals surface area (Å²) < 4.78 is 21.5. The summed E-state index contributed by atoms with van der Waals surface area (Å²) in [5.41, 5.74) is 1.65. The van der Waals surface area contributed by atoms with Crippen LogP contribution in [0, 0.1) is 6.92 Å². The molecule has 0 aliphatic rings. The van der Waals surface area contributed by atoms with Gasteiger partial charge in [0.2, 0.25) is 5.91 Å². The van der Waals surface area contributed by atoms with Crippen LogP contribution in [0.1, 0.15) is 11.5 Å². The zero-order chi connectivity index (χ0) is 20.6. The highest BCUT2D eigenvalue weighted by Gasteiger charge is 2.13. The highest BCUT2D eigenvalue weighted by molar-refractivity contribution is 7.99. The molecule has 0 saturated carbocycles. The molecule has 2 aromatic carbocycles. The van der Waals surface area contributed by atoms with Crippen LogP contribution >= 0.6 is 11.8 Å². The molecule has 0 spiro atoms. The summed E-state index contributed by atoms with van der Waals surface area (Å²) in [6.07, 6.45) is 0. The van der Waals surface area contributed by atoms with Crippen molar-refractivity contribution in [3.8, 4) is 17.2 Å². The lowest BCUT2D eigenvalue weighted by molar-refractivity contribution is -0.113. The Hall–Kier alpha value is -3.20. The number of carbonyl (C=O) groups is 1. The van der Waals surface area contributed by atoms with Gasteiger partial charge < -0.3 is 23.9 Å². The zero-order valence-electron chi connectivity index (χ0n) is 16.3. The van der Waals surface area contributed by atoms with E-state index in [1.807, 2.05) is 31.2 Å². The Labute approximate surface area is 172 Å². The standard InChI is InChI=1S/C20H21N3O5S/c1-13-5-4-6-15(9-13)27-11-19-22-23-20(28-19)29-12-18(24)21-16-8-7-14(25-2)10-17(16)26-3/h4-10H,11-12H2,1-3H3,(H,21,24). The Kier molecular flexibility index (Phi) is 6.96. The molecule has 0 atom stereocenters. The minimum absolute atomic E-state index is 0.107. The van der Waals surface area contributed by atoms with Crippen molar-refractivity contribution in [1.29, 1.82) is 0 Å². The van der Waals surface area contributed by atoms with Crippen LogP contribution in [0.5, 0.6) is 17.2 Å². The minimum atomic E-state index is -0.228. The quantitative estimate of drug-likeness (QED) is 0.529. The van der Waals surface area contributed by atoms with Gasteiger partial charge in [-0.05, 0) is 36.8 Å². The smallest absolute Gasteiger partial charge is 0.277 e. The average Bonchev–Trinajstić information content (AvgIpc) is 3.19. The number of amides is 1. The first-order valence-electron chi connectivity index (χ1n) is 8.74. The summed E-state index contributed by atoms with van der Waals surface area (Å²) >= 11 is 1.14. The molecule has 0 saturated heterocycles. The normalized spacial score (nSPS) is 10.4. The highest BCUT2D eigenvalue weighted by atomic mass is 32.2. The molecule has 0 aliphatic carbocycles. The van der Waals surface area contributed by atoms with Gasteiger partial charge >= 0.3 is 0 Å². The second-order valence-corrected chi connectivity index (χ2v) is 6.90. The summed E-state index contributed by atoms with van der Waals surface area (Å²) in [7, 11) is 3.09. The van der Waals surface area contributed by atoms with E-state index in [0.717, 1.165) is 23.1 Å². The SMILES string of the molecule is COc1ccc(NC(=O)CSc2nnc(COc3cccc(C)c3)o2)c(OC)c1. The van der Waals surface area contributed by atoms with E-state index in [1.54, 1.807) is 25.3 Å². The molecule has 29 heavy (non-hydrogen) atoms. The molecule has 0 radical (unpaired) electrons. The topological polar surface area (TPSA) is 95.7 Å². The lowest BCUT2D eigenvalue weighted by atomic mass is 10.2. The number of hydrogen-bond donors (Lipinski definition) is 1. The number of nitrogens with one attached hydrogen (secondary N) is 1. The van der Waals surface area contributed by atoms with Crippen LogP contribution in [0.25, 0.3) is 0 Å². The third-order valence-corrected chi connectivity index (χ3v) is 4.63. The molecule has 1 aromatic heterocycles. The van der Waals surface area contributed by atoms with Crippen molar-refractivity contribution in [1.82, 2.24) is 10.2 Å². The van der Waals surface area contributed by atoms with Crippen LogP contribution in [0.2, 0.25) is 0 Å². The largest absolute Gasteiger partial charge is 0.497 e. The first kappa shape index (κ1) is 20.5. The molecular formula is C20H21N3O5S. The van der Waals surface area contributed by atoms with Gasteiger partial charge in [-0.15, -0.1) is 10.2 Å². The van der Waals surface area contributed by atoms with Gasteiger partial charge in [-0.2, -0.15) is 0 Å². The molecular weight excluding hydrogens is 394 g/mol. The number of aryl methyl sites for hydroxylation is 1. The Bertz CT molecular complexity index is 976. The molecule has 9 heteroatoms. The van der Waals surface area contributed by atoms with Crippen LogP contribution in [0.4, 0.5) is 5.69 Å². The maximum Gasteiger partial charge on any atom is 0.277 e. The molecule has 1 amide bonds. The van der Waals surface area contributed by atoms with E-state index >= 15 is 0 Å². The van der Waals surface area contributed by atoms with Gasteiger partial charge in [0, 0.05) is 6.07 Å². The van der Waals surface area contributed by atoms with Crippen molar-refractivity contribution in [3.63, 3.8) is 0 Å². The Morgan fingerprint density at radius 2 is 1.97 bits per heavy atom. The summed E-state index contributed by atoms with van der Waals surface area (Å²) in [5.74, 6) is 2.09. The van der Waals surface area contributed by atoms with Gasteiger partial charge in [-0.3, -0.25) is 4.79 Å². The van der Waals surface area contributed by atoms with Crippen molar-refractivity contribution in [2.45, 2.75) is 18.8 Å². The summed E-state index contributed by atoms with van der Waals surface area (Å²) in [5, 5.41) is 10.9. The number of ether oxygens (including phenoxy) is 3. The van der Waals surface area contributed by atoms with Gasteiger partial charge in [0.15, 0.2) is 6.61 Å². The molecule has 1 N–H and O–H groups in total. The number of methoxy groups -OCH3 is 2. The maximum absolute atomic E-state index is 12.2. The van der Waals surface area contributed by atoms with E-state index in [-0.39, 0.29) is 18.3 Å². The molecule has 8 nitrogen and oxygen atoms in total. The third kappa shape index (κ3) is 5.89. The Morgan fingerprint density at radius 1 is 1.10 bits per heavy atom. The predicted octanol–water partition coefficient (Wildman–Crippen LogP) is 3.71. The number of carbonyl (C=O) groups excluding carboxylic acids is 1. The fourth-order valence-corrected chi connectivity index (χ4v) is 3.00. The van der Waals surface area contributed by atoms with Gasteiger partial charge in [0.25, 0.3) is 11.1 Å². The number of thioether (sulfide) groups is 1. The van der Waals surface area contributed by atoms with Crippen molar-refractivity contribution in [2.24, 2.45) is 0 Å². The van der Waals surface area contributed by atoms with E-state index in [1.165, 1.54) is 7.11 Å². The van der Waals surface area contributed by atoms with E-state index in [9.17, 15) is 4.79 Å². The van der Waals surface area contributed by atoms with Crippen LogP contribution in [0.3, 0.4) is 0 Å². The highest BCUT2D eigenvalue weighted by Crippen LogP contribution is 2.29. The van der Waals surface area contributed by atoms with Gasteiger partial charge in [0.1, 0.15) is 17.2 Å². The number of benzene rings is 2. The fourth-order valence-electron chi connectivity index (χ4n) is 2.42. The third-order valence-electron chi connectivity index (χ3n) is 3.81. The summed E-state index contributed by atoms with van der Waals surface area (Å²) in [6.45, 7) is 2.15. The molecule has 3 rings (SSSR count). The van der Waals surface area contributed by atoms with E-state index in [2.05, 4.69) is 15.5 Å². The van der Waals surface area contributed by atoms with E-state index in [0.29, 0.717) is 28.3 Å². The summed E-state index contributed by atoms with van der Waals surface area (Å²) in [4.78, 5) is 12.2. The van der Waals surface area contributed by atoms with Crippen molar-refractivity contribution >= 4 is 23.4 Å². The van der Waals surface area contributed by atoms with Crippen LogP contribution in [-0.2, 0) is 11.4 Å². The lowest BCUT2D eigenvalue weighted by Crippen LogP contribution is -2.14. The van der Waals surface area contributed by atoms with E-state index < -0.39 is 0 Å². The molecule has 3 aromatic rings. The van der Waals surface area contributed by atoms with Crippen molar-refractivity contribution in [3.05, 3.63) is 53.9 Å². The molecule has 0 fully saturated rings. The van der Waals surface area contributed by atoms with E-state index in [4.69, 9.17) is 18.6 Å². The molecule has 0 bridgehead atoms. The second-order valence-electron chi connectivity index (χ2n) is 5.97. The van der Waals surface area contributed by atoms with Crippen LogP contribution < -0.4 is 19.5 Å². The number of nitrogens with zero attached hydrogens (tertiary/aromatic N) is 2. The number of anilines is 1. The predicted molar refractivity (Wildman–Crippen MR) is 109 cm³/mol. The van der Waals surface area contributed by atoms with Gasteiger partial charge in [0.05, 0.1) is 25.7 Å². The zero-order valence-corrected chi connectivity index (χ0v) is 17.1. The molecule has 0 unspecified atom stereocenters. The first-order chi connectivity index (χ1) is 14.1. The molecule has 152 valence electrons. The molecule has 1 heterocycles. The minimum Gasteiger partial charge on any atom is -0.497 e. The second kappa shape index (κ2) is 9.83. The fraction of sp³-hybridized carbons (Fsp3) is 0.250. The Balaban J connectivity index is 1.49. The monoisotopic (exact) mass is 415 g/mol. The van der Waals surface area contributed by atoms with Crippen molar-refractivity contribution < 1.29 is 23.4 Å². The first-order valence-corrected chi connectivity index (χ1v) is 9.72. The number of aromatic nitrogens is 2. The van der Waals surface area contributed by atoms with Crippen LogP contribution in [-0.4, -0.2) is 36.1 Å². The summed E-state index contributed by atoms with van der Waals surface area (Å²) in [6, 6.07) is 12.8. The van der Waals surface area contributed by atoms with Crippen molar-refractivity contribution in [2.75, 3.05) is 25.3 Å². The van der Waals surface area contributed by atoms with Gasteiger partial charge in [-0.1, -0.05) is 23.9 Å². The van der Waals surface area contributed by atoms with Crippen LogP contribution in [0.15, 0.2) is 52.1 Å². The maximum atomic E-state index is 12.2. The lowest BCUT2D eigenvalue weighted by Gasteiger charge is -2.11. The number of rotatable bonds is 9. The molecule has 0 aliphatic heterocycles. The number of hydrogen-bond acceptors (Lipinski definition) is 8. The van der Waals surface area contributed by atoms with Gasteiger partial charge in [-0.25, -0.2) is 0 Å². The average molecular weight is 415 g/mol. The Morgan fingerprint density at radius 3 is 2.72 bits per heavy atom.